The van der Waals surface area contributed by atoms with E-state index < -0.39 is 35.9 Å². The Balaban J connectivity index is 0.000000412. The van der Waals surface area contributed by atoms with Gasteiger partial charge in [0.2, 0.25) is 0 Å². The van der Waals surface area contributed by atoms with Crippen LogP contribution in [0.1, 0.15) is 11.1 Å². The fourth-order valence-electron chi connectivity index (χ4n) is 1.97. The third kappa shape index (κ3) is 5.37. The van der Waals surface area contributed by atoms with Crippen LogP contribution < -0.4 is 10.8 Å². The van der Waals surface area contributed by atoms with Gasteiger partial charge in [-0.15, -0.1) is 0 Å². The van der Waals surface area contributed by atoms with E-state index in [1.165, 1.54) is 18.3 Å². The molecule has 0 spiro atoms. The van der Waals surface area contributed by atoms with E-state index in [0.717, 1.165) is 6.07 Å². The molecule has 1 heterocycles. The molecule has 0 aliphatic heterocycles. The molecule has 0 unspecified atom stereocenters. The maximum Gasteiger partial charge on any atom is 0.430 e. The highest BCUT2D eigenvalue weighted by Gasteiger charge is 2.33. The molecule has 0 amide bonds. The van der Waals surface area contributed by atoms with Gasteiger partial charge in [0.15, 0.2) is 6.04 Å². The first kappa shape index (κ1) is 21.3. The molecule has 0 saturated heterocycles. The van der Waals surface area contributed by atoms with Gasteiger partial charge in [-0.3, -0.25) is 0 Å². The summed E-state index contributed by atoms with van der Waals surface area (Å²) in [4.78, 5) is 22.1. The second kappa shape index (κ2) is 7.64. The summed E-state index contributed by atoms with van der Waals surface area (Å²) < 4.78 is 69.9. The average Bonchev–Trinajstić information content (AvgIpc) is 2.88. The number of carbonyl (C=O) groups excluding carboxylic acids is 1. The van der Waals surface area contributed by atoms with E-state index in [0.29, 0.717) is 10.9 Å². The number of hydrogen-bond donors (Lipinski definition) is 3. The summed E-state index contributed by atoms with van der Waals surface area (Å²) in [6, 6.07) is 2.93. The van der Waals surface area contributed by atoms with Crippen molar-refractivity contribution in [2.45, 2.75) is 24.8 Å². The van der Waals surface area contributed by atoms with Gasteiger partial charge in [-0.2, -0.15) is 26.3 Å². The van der Waals surface area contributed by atoms with Gasteiger partial charge in [0, 0.05) is 18.0 Å². The first-order valence-electron chi connectivity index (χ1n) is 6.75. The number of aromatic nitrogens is 1. The predicted octanol–water partition coefficient (Wildman–Crippen LogP) is 0.723. The molecular formula is C14H12F6N2O4. The lowest BCUT2D eigenvalue weighted by Gasteiger charge is -2.08. The topological polar surface area (TPSA) is 121 Å². The summed E-state index contributed by atoms with van der Waals surface area (Å²) in [6.45, 7) is 0. The minimum absolute atomic E-state index is 0.0254. The van der Waals surface area contributed by atoms with Crippen molar-refractivity contribution in [2.24, 2.45) is 0 Å². The number of para-hydroxylation sites is 1. The number of carboxylic acid groups (broad SMARTS) is 2. The molecule has 0 bridgehead atoms. The van der Waals surface area contributed by atoms with Crippen LogP contribution in [0.2, 0.25) is 0 Å². The van der Waals surface area contributed by atoms with Crippen LogP contribution in [0.3, 0.4) is 0 Å². The summed E-state index contributed by atoms with van der Waals surface area (Å²) in [5, 5.41) is 17.9. The number of carboxylic acids is 2. The molecule has 12 heteroatoms. The zero-order valence-corrected chi connectivity index (χ0v) is 12.7. The Kier molecular flexibility index (Phi) is 6.25. The van der Waals surface area contributed by atoms with Gasteiger partial charge in [-0.05, 0) is 11.6 Å². The van der Waals surface area contributed by atoms with Gasteiger partial charge in [0.05, 0.1) is 11.1 Å². The molecule has 1 aromatic heterocycles. The Morgan fingerprint density at radius 3 is 2.15 bits per heavy atom. The summed E-state index contributed by atoms with van der Waals surface area (Å²) in [5.74, 6) is -4.09. The van der Waals surface area contributed by atoms with E-state index in [4.69, 9.17) is 15.0 Å². The number of fused-ring (bicyclic) bond motifs is 1. The number of hydrogen-bond acceptors (Lipinski definition) is 3. The van der Waals surface area contributed by atoms with E-state index in [1.54, 1.807) is 0 Å². The Bertz CT molecular complexity index is 797. The largest absolute Gasteiger partial charge is 0.542 e. The van der Waals surface area contributed by atoms with Crippen molar-refractivity contribution < 1.29 is 51.9 Å². The third-order valence-electron chi connectivity index (χ3n) is 3.15. The highest BCUT2D eigenvalue weighted by molar-refractivity contribution is 5.87. The molecule has 0 fully saturated rings. The van der Waals surface area contributed by atoms with Crippen LogP contribution in [-0.4, -0.2) is 34.2 Å². The van der Waals surface area contributed by atoms with E-state index in [2.05, 4.69) is 10.7 Å². The molecule has 0 aliphatic carbocycles. The molecular weight excluding hydrogens is 374 g/mol. The average molecular weight is 386 g/mol. The lowest BCUT2D eigenvalue weighted by Crippen LogP contribution is -2.65. The van der Waals surface area contributed by atoms with E-state index >= 15 is 0 Å². The van der Waals surface area contributed by atoms with Crippen LogP contribution in [0.5, 0.6) is 0 Å². The molecule has 0 saturated carbocycles. The van der Waals surface area contributed by atoms with Crippen molar-refractivity contribution in [3.05, 3.63) is 35.5 Å². The summed E-state index contributed by atoms with van der Waals surface area (Å²) >= 11 is 0. The van der Waals surface area contributed by atoms with Crippen LogP contribution in [0, 0.1) is 0 Å². The first-order valence-corrected chi connectivity index (χ1v) is 6.75. The van der Waals surface area contributed by atoms with Crippen LogP contribution in [0.25, 0.3) is 10.9 Å². The molecule has 0 aliphatic rings. The maximum atomic E-state index is 12.8. The van der Waals surface area contributed by atoms with Gasteiger partial charge < -0.3 is 25.7 Å². The number of alkyl halides is 6. The molecule has 2 aromatic rings. The fraction of sp³-hybridized carbons (Fsp3) is 0.286. The quantitative estimate of drug-likeness (QED) is 0.673. The number of quaternary nitrogens is 1. The monoisotopic (exact) mass is 386 g/mol. The minimum atomic E-state index is -5.19. The number of H-pyrrole nitrogens is 1. The molecule has 0 radical (unpaired) electrons. The summed E-state index contributed by atoms with van der Waals surface area (Å²) in [5.41, 5.74) is 3.19. The van der Waals surface area contributed by atoms with Crippen molar-refractivity contribution >= 4 is 22.8 Å². The molecule has 26 heavy (non-hydrogen) atoms. The van der Waals surface area contributed by atoms with Crippen LogP contribution >= 0.6 is 0 Å². The van der Waals surface area contributed by atoms with Crippen molar-refractivity contribution in [2.75, 3.05) is 0 Å². The Labute approximate surface area is 141 Å². The van der Waals surface area contributed by atoms with Crippen LogP contribution in [-0.2, 0) is 22.2 Å². The van der Waals surface area contributed by atoms with Crippen LogP contribution in [0.15, 0.2) is 24.4 Å². The van der Waals surface area contributed by atoms with Gasteiger partial charge in [-0.25, -0.2) is 4.79 Å². The number of nitrogens with one attached hydrogen (secondary N) is 1. The lowest BCUT2D eigenvalue weighted by atomic mass is 10.0. The number of benzene rings is 1. The molecule has 5 N–H and O–H groups in total. The molecule has 144 valence electrons. The SMILES string of the molecule is O=C([O-])C(F)(F)F.[NH3+][C@@H](Cc1c[nH]c2c(C(F)(F)F)cccc12)C(=O)O. The van der Waals surface area contributed by atoms with Crippen molar-refractivity contribution in [3.63, 3.8) is 0 Å². The van der Waals surface area contributed by atoms with E-state index in [-0.39, 0.29) is 11.9 Å². The van der Waals surface area contributed by atoms with Crippen molar-refractivity contribution in [1.29, 1.82) is 0 Å². The smallest absolute Gasteiger partial charge is 0.430 e. The van der Waals surface area contributed by atoms with E-state index in [9.17, 15) is 31.1 Å². The van der Waals surface area contributed by atoms with Gasteiger partial charge >= 0.3 is 18.3 Å². The maximum absolute atomic E-state index is 12.8. The fourth-order valence-corrected chi connectivity index (χ4v) is 1.97. The Morgan fingerprint density at radius 2 is 1.73 bits per heavy atom. The summed E-state index contributed by atoms with van der Waals surface area (Å²) in [6.07, 6.45) is -8.16. The number of halogens is 6. The highest BCUT2D eigenvalue weighted by atomic mass is 19.4. The zero-order chi connectivity index (χ0) is 20.3. The predicted molar refractivity (Wildman–Crippen MR) is 72.4 cm³/mol. The Morgan fingerprint density at radius 1 is 1.19 bits per heavy atom. The second-order valence-corrected chi connectivity index (χ2v) is 5.06. The summed E-state index contributed by atoms with van der Waals surface area (Å²) in [7, 11) is 0. The minimum Gasteiger partial charge on any atom is -0.542 e. The number of aliphatic carboxylic acids is 2. The molecule has 1 aromatic carbocycles. The third-order valence-corrected chi connectivity index (χ3v) is 3.15. The van der Waals surface area contributed by atoms with Gasteiger partial charge in [-0.1, -0.05) is 12.1 Å². The van der Waals surface area contributed by atoms with Gasteiger partial charge in [0.25, 0.3) is 0 Å². The van der Waals surface area contributed by atoms with Gasteiger partial charge in [0.1, 0.15) is 5.97 Å². The van der Waals surface area contributed by atoms with Crippen molar-refractivity contribution in [1.82, 2.24) is 4.98 Å². The highest BCUT2D eigenvalue weighted by Crippen LogP contribution is 2.35. The van der Waals surface area contributed by atoms with E-state index in [1.807, 2.05) is 0 Å². The Hall–Kier alpha value is -2.76. The normalized spacial score (nSPS) is 13.0. The second-order valence-electron chi connectivity index (χ2n) is 5.06. The van der Waals surface area contributed by atoms with Crippen LogP contribution in [0.4, 0.5) is 26.3 Å². The molecule has 2 rings (SSSR count). The number of aromatic amines is 1. The zero-order valence-electron chi connectivity index (χ0n) is 12.7. The molecule has 6 nitrogen and oxygen atoms in total. The number of rotatable bonds is 3. The standard InChI is InChI=1S/C12H11F3N2O2.C2HF3O2/c13-12(14,15)8-3-1-2-7-6(5-17-10(7)8)4-9(16)11(18)19;3-2(4,5)1(6)7/h1-3,5,9,17H,4,16H2,(H,18,19);(H,6,7)/t9-;/m0./s1. The lowest BCUT2D eigenvalue weighted by molar-refractivity contribution is -0.407. The first-order chi connectivity index (χ1) is 11.7. The molecule has 1 atom stereocenters. The number of carbonyl (C=O) groups is 2. The van der Waals surface area contributed by atoms with Crippen molar-refractivity contribution in [3.8, 4) is 0 Å².